The SMILES string of the molecule is COc1cc(C[NH2+]CCCSc2nnnn2C)ccc1OCc1cccc(C)c1. The molecule has 0 aliphatic rings. The van der Waals surface area contributed by atoms with Crippen molar-refractivity contribution >= 4 is 11.8 Å². The van der Waals surface area contributed by atoms with E-state index in [2.05, 4.69) is 58.1 Å². The maximum absolute atomic E-state index is 5.97. The Morgan fingerprint density at radius 3 is 2.76 bits per heavy atom. The van der Waals surface area contributed by atoms with Gasteiger partial charge in [-0.3, -0.25) is 0 Å². The Labute approximate surface area is 175 Å². The Hall–Kier alpha value is -2.58. The number of quaternary nitrogens is 1. The molecule has 0 spiro atoms. The van der Waals surface area contributed by atoms with Crippen LogP contribution in [0.5, 0.6) is 11.5 Å². The van der Waals surface area contributed by atoms with Crippen LogP contribution in [0.3, 0.4) is 0 Å². The molecule has 0 saturated carbocycles. The van der Waals surface area contributed by atoms with Gasteiger partial charge in [-0.25, -0.2) is 4.68 Å². The summed E-state index contributed by atoms with van der Waals surface area (Å²) in [5.74, 6) is 2.54. The fourth-order valence-electron chi connectivity index (χ4n) is 2.92. The Morgan fingerprint density at radius 1 is 1.10 bits per heavy atom. The molecule has 2 aromatic carbocycles. The van der Waals surface area contributed by atoms with Crippen LogP contribution in [0.25, 0.3) is 0 Å². The van der Waals surface area contributed by atoms with E-state index in [4.69, 9.17) is 9.47 Å². The quantitative estimate of drug-likeness (QED) is 0.383. The molecular formula is C21H28N5O2S+. The van der Waals surface area contributed by atoms with E-state index in [1.165, 1.54) is 11.1 Å². The summed E-state index contributed by atoms with van der Waals surface area (Å²) in [7, 11) is 3.54. The molecule has 0 fully saturated rings. The van der Waals surface area contributed by atoms with E-state index in [1.54, 1.807) is 23.6 Å². The zero-order valence-electron chi connectivity index (χ0n) is 17.2. The summed E-state index contributed by atoms with van der Waals surface area (Å²) in [6.45, 7) is 4.57. The van der Waals surface area contributed by atoms with Crippen molar-refractivity contribution < 1.29 is 14.8 Å². The largest absolute Gasteiger partial charge is 0.493 e. The van der Waals surface area contributed by atoms with E-state index in [0.717, 1.165) is 47.5 Å². The molecule has 0 aliphatic carbocycles. The fraction of sp³-hybridized carbons (Fsp3) is 0.381. The lowest BCUT2D eigenvalue weighted by molar-refractivity contribution is -0.670. The molecular weight excluding hydrogens is 386 g/mol. The van der Waals surface area contributed by atoms with Crippen LogP contribution in [0.4, 0.5) is 0 Å². The molecule has 0 unspecified atom stereocenters. The van der Waals surface area contributed by atoms with Gasteiger partial charge in [0, 0.05) is 24.8 Å². The second-order valence-corrected chi connectivity index (χ2v) is 7.89. The zero-order valence-corrected chi connectivity index (χ0v) is 18.0. The zero-order chi connectivity index (χ0) is 20.5. The van der Waals surface area contributed by atoms with E-state index in [1.807, 2.05) is 19.2 Å². The topological polar surface area (TPSA) is 78.7 Å². The van der Waals surface area contributed by atoms with Gasteiger partial charge in [0.25, 0.3) is 0 Å². The van der Waals surface area contributed by atoms with Gasteiger partial charge < -0.3 is 14.8 Å². The van der Waals surface area contributed by atoms with Crippen LogP contribution in [0, 0.1) is 6.92 Å². The number of nitrogens with zero attached hydrogens (tertiary/aromatic N) is 4. The normalized spacial score (nSPS) is 10.9. The second kappa shape index (κ2) is 10.8. The van der Waals surface area contributed by atoms with E-state index in [-0.39, 0.29) is 0 Å². The standard InChI is InChI=1S/C21H27N5O2S/c1-16-6-4-7-18(12-16)15-28-19-9-8-17(13-20(19)27-3)14-22-10-5-11-29-21-23-24-25-26(21)2/h4,6-9,12-13,22H,5,10-11,14-15H2,1-3H3/p+1. The average Bonchev–Trinajstić information content (AvgIpc) is 3.14. The van der Waals surface area contributed by atoms with Crippen molar-refractivity contribution in [2.45, 2.75) is 31.7 Å². The molecule has 0 saturated heterocycles. The highest BCUT2D eigenvalue weighted by atomic mass is 32.2. The molecule has 3 rings (SSSR count). The van der Waals surface area contributed by atoms with Gasteiger partial charge in [-0.15, -0.1) is 5.10 Å². The number of aromatic nitrogens is 4. The third-order valence-corrected chi connectivity index (χ3v) is 5.55. The number of tetrazole rings is 1. The summed E-state index contributed by atoms with van der Waals surface area (Å²) in [6.07, 6.45) is 1.09. The second-order valence-electron chi connectivity index (χ2n) is 6.83. The number of hydrogen-bond donors (Lipinski definition) is 1. The van der Waals surface area contributed by atoms with E-state index in [0.29, 0.717) is 6.61 Å². The Morgan fingerprint density at radius 2 is 2.00 bits per heavy atom. The van der Waals surface area contributed by atoms with Gasteiger partial charge in [0.05, 0.1) is 13.7 Å². The third-order valence-electron chi connectivity index (χ3n) is 4.45. The summed E-state index contributed by atoms with van der Waals surface area (Å²) < 4.78 is 13.2. The van der Waals surface area contributed by atoms with Crippen molar-refractivity contribution in [2.75, 3.05) is 19.4 Å². The molecule has 0 amide bonds. The van der Waals surface area contributed by atoms with Gasteiger partial charge >= 0.3 is 0 Å². The molecule has 3 aromatic rings. The van der Waals surface area contributed by atoms with Gasteiger partial charge in [0.15, 0.2) is 11.5 Å². The van der Waals surface area contributed by atoms with Crippen LogP contribution in [-0.2, 0) is 20.2 Å². The van der Waals surface area contributed by atoms with E-state index >= 15 is 0 Å². The van der Waals surface area contributed by atoms with Crippen LogP contribution < -0.4 is 14.8 Å². The Bertz CT molecular complexity index is 916. The summed E-state index contributed by atoms with van der Waals surface area (Å²) in [6, 6.07) is 14.5. The first-order chi connectivity index (χ1) is 14.2. The van der Waals surface area contributed by atoms with Crippen molar-refractivity contribution in [3.8, 4) is 11.5 Å². The van der Waals surface area contributed by atoms with Crippen molar-refractivity contribution in [3.05, 3.63) is 59.2 Å². The van der Waals surface area contributed by atoms with Gasteiger partial charge in [0.1, 0.15) is 13.2 Å². The van der Waals surface area contributed by atoms with Gasteiger partial charge in [0.2, 0.25) is 5.16 Å². The highest BCUT2D eigenvalue weighted by molar-refractivity contribution is 7.99. The number of hydrogen-bond acceptors (Lipinski definition) is 6. The maximum atomic E-state index is 5.97. The van der Waals surface area contributed by atoms with Crippen LogP contribution in [0.1, 0.15) is 23.1 Å². The fourth-order valence-corrected chi connectivity index (χ4v) is 3.74. The van der Waals surface area contributed by atoms with Crippen molar-refractivity contribution in [1.29, 1.82) is 0 Å². The van der Waals surface area contributed by atoms with Gasteiger partial charge in [-0.2, -0.15) is 0 Å². The van der Waals surface area contributed by atoms with Gasteiger partial charge in [-0.05, 0) is 41.1 Å². The molecule has 7 nitrogen and oxygen atoms in total. The summed E-state index contributed by atoms with van der Waals surface area (Å²) in [5.41, 5.74) is 3.60. The van der Waals surface area contributed by atoms with Crippen molar-refractivity contribution in [3.63, 3.8) is 0 Å². The summed E-state index contributed by atoms with van der Waals surface area (Å²) in [4.78, 5) is 0. The van der Waals surface area contributed by atoms with Gasteiger partial charge in [-0.1, -0.05) is 41.6 Å². The molecule has 0 bridgehead atoms. The minimum atomic E-state index is 0.530. The smallest absolute Gasteiger partial charge is 0.209 e. The lowest BCUT2D eigenvalue weighted by Crippen LogP contribution is -2.82. The molecule has 29 heavy (non-hydrogen) atoms. The van der Waals surface area contributed by atoms with Crippen LogP contribution in [-0.4, -0.2) is 39.6 Å². The minimum absolute atomic E-state index is 0.530. The highest BCUT2D eigenvalue weighted by Crippen LogP contribution is 2.28. The number of methoxy groups -OCH3 is 1. The first-order valence-corrected chi connectivity index (χ1v) is 10.7. The lowest BCUT2D eigenvalue weighted by Gasteiger charge is -2.12. The predicted octanol–water partition coefficient (Wildman–Crippen LogP) is 2.35. The Balaban J connectivity index is 1.42. The number of nitrogens with two attached hydrogens (primary N) is 1. The molecule has 2 N–H and O–H groups in total. The molecule has 1 aromatic heterocycles. The summed E-state index contributed by atoms with van der Waals surface area (Å²) in [5, 5.41) is 14.6. The number of rotatable bonds is 11. The van der Waals surface area contributed by atoms with Crippen molar-refractivity contribution in [2.24, 2.45) is 7.05 Å². The van der Waals surface area contributed by atoms with E-state index in [9.17, 15) is 0 Å². The molecule has 0 radical (unpaired) electrons. The molecule has 1 heterocycles. The maximum Gasteiger partial charge on any atom is 0.209 e. The molecule has 0 atom stereocenters. The predicted molar refractivity (Wildman–Crippen MR) is 113 cm³/mol. The molecule has 8 heteroatoms. The number of aryl methyl sites for hydroxylation is 2. The number of benzene rings is 2. The molecule has 0 aliphatic heterocycles. The van der Waals surface area contributed by atoms with E-state index < -0.39 is 0 Å². The van der Waals surface area contributed by atoms with Crippen LogP contribution in [0.2, 0.25) is 0 Å². The first-order valence-electron chi connectivity index (χ1n) is 9.68. The van der Waals surface area contributed by atoms with Crippen molar-refractivity contribution in [1.82, 2.24) is 20.2 Å². The number of ether oxygens (including phenoxy) is 2. The average molecular weight is 415 g/mol. The van der Waals surface area contributed by atoms with Crippen LogP contribution >= 0.6 is 11.8 Å². The molecule has 154 valence electrons. The minimum Gasteiger partial charge on any atom is -0.493 e. The highest BCUT2D eigenvalue weighted by Gasteiger charge is 2.08. The first kappa shape index (κ1) is 21.1. The Kier molecular flexibility index (Phi) is 7.89. The monoisotopic (exact) mass is 414 g/mol. The van der Waals surface area contributed by atoms with Crippen LogP contribution in [0.15, 0.2) is 47.6 Å². The lowest BCUT2D eigenvalue weighted by atomic mass is 10.1. The summed E-state index contributed by atoms with van der Waals surface area (Å²) >= 11 is 1.68. The third kappa shape index (κ3) is 6.47. The number of thioether (sulfide) groups is 1.